The molecule has 1 fully saturated rings. The van der Waals surface area contributed by atoms with Crippen LogP contribution in [-0.2, 0) is 14.8 Å². The lowest BCUT2D eigenvalue weighted by molar-refractivity contribution is -0.115. The fourth-order valence-corrected chi connectivity index (χ4v) is 4.26. The molecule has 0 atom stereocenters. The number of halogens is 2. The molecule has 1 aliphatic rings. The second-order valence-corrected chi connectivity index (χ2v) is 8.39. The molecule has 0 spiro atoms. The summed E-state index contributed by atoms with van der Waals surface area (Å²) in [7, 11) is -3.95. The molecule has 0 bridgehead atoms. The molecule has 3 rings (SSSR count). The Morgan fingerprint density at radius 1 is 1.04 bits per heavy atom. The molecule has 0 unspecified atom stereocenters. The number of amides is 1. The highest BCUT2D eigenvalue weighted by molar-refractivity contribution is 8.19. The summed E-state index contributed by atoms with van der Waals surface area (Å²) in [5.74, 6) is -0.435. The quantitative estimate of drug-likeness (QED) is 0.774. The van der Waals surface area contributed by atoms with Gasteiger partial charge in [-0.1, -0.05) is 41.4 Å². The predicted octanol–water partition coefficient (Wildman–Crippen LogP) is 3.94. The van der Waals surface area contributed by atoms with Crippen LogP contribution in [-0.4, -0.2) is 19.5 Å². The van der Waals surface area contributed by atoms with Crippen molar-refractivity contribution in [2.75, 3.05) is 0 Å². The number of nitrogens with zero attached hydrogens (tertiary/aromatic N) is 1. The van der Waals surface area contributed by atoms with E-state index in [1.165, 1.54) is 24.3 Å². The van der Waals surface area contributed by atoms with Gasteiger partial charge in [0.2, 0.25) is 0 Å². The van der Waals surface area contributed by atoms with Gasteiger partial charge in [0.15, 0.2) is 5.17 Å². The molecule has 0 radical (unpaired) electrons. The van der Waals surface area contributed by atoms with Crippen LogP contribution in [0.3, 0.4) is 0 Å². The number of nitrogens with one attached hydrogen (secondary N) is 1. The molecular formula is C16H10Cl2N2O3S2. The van der Waals surface area contributed by atoms with Gasteiger partial charge in [-0.05, 0) is 53.7 Å². The third-order valence-electron chi connectivity index (χ3n) is 3.16. The predicted molar refractivity (Wildman–Crippen MR) is 101 cm³/mol. The number of hydrogen-bond donors (Lipinski definition) is 1. The Morgan fingerprint density at radius 3 is 2.40 bits per heavy atom. The van der Waals surface area contributed by atoms with Gasteiger partial charge in [-0.25, -0.2) is 0 Å². The smallest absolute Gasteiger partial charge is 0.284 e. The van der Waals surface area contributed by atoms with E-state index in [-0.39, 0.29) is 10.1 Å². The first-order chi connectivity index (χ1) is 11.8. The van der Waals surface area contributed by atoms with Crippen molar-refractivity contribution < 1.29 is 13.2 Å². The summed E-state index contributed by atoms with van der Waals surface area (Å²) >= 11 is 12.7. The van der Waals surface area contributed by atoms with E-state index < -0.39 is 15.9 Å². The molecule has 0 aliphatic carbocycles. The second-order valence-electron chi connectivity index (χ2n) is 4.91. The molecule has 2 aromatic carbocycles. The monoisotopic (exact) mass is 412 g/mol. The van der Waals surface area contributed by atoms with Crippen molar-refractivity contribution in [3.8, 4) is 0 Å². The molecule has 1 aliphatic heterocycles. The van der Waals surface area contributed by atoms with Crippen LogP contribution in [0.4, 0.5) is 0 Å². The van der Waals surface area contributed by atoms with Crippen LogP contribution < -0.4 is 5.32 Å². The average Bonchev–Trinajstić information content (AvgIpc) is 2.88. The molecule has 9 heteroatoms. The summed E-state index contributed by atoms with van der Waals surface area (Å²) in [6, 6.07) is 12.6. The Balaban J connectivity index is 1.88. The van der Waals surface area contributed by atoms with Crippen molar-refractivity contribution in [2.45, 2.75) is 4.90 Å². The molecule has 128 valence electrons. The summed E-state index contributed by atoms with van der Waals surface area (Å²) in [5.41, 5.74) is 0.656. The Bertz CT molecular complexity index is 1000. The number of amidine groups is 1. The van der Waals surface area contributed by atoms with Gasteiger partial charge >= 0.3 is 0 Å². The Labute approximate surface area is 158 Å². The highest BCUT2D eigenvalue weighted by Crippen LogP contribution is 2.29. The number of sulfonamides is 1. The van der Waals surface area contributed by atoms with Crippen molar-refractivity contribution in [2.24, 2.45) is 4.40 Å². The maximum absolute atomic E-state index is 12.3. The number of carbonyl (C=O) groups excluding carboxylic acids is 1. The molecule has 1 heterocycles. The summed E-state index contributed by atoms with van der Waals surface area (Å²) in [5, 5.41) is 3.33. The van der Waals surface area contributed by atoms with Crippen LogP contribution in [0.25, 0.3) is 6.08 Å². The third-order valence-corrected chi connectivity index (χ3v) is 6.07. The van der Waals surface area contributed by atoms with E-state index >= 15 is 0 Å². The standard InChI is InChI=1S/C16H10Cl2N2O3S2/c17-11-5-7-12(8-6-11)25(22,23)20-16-19-15(21)14(24-16)9-10-3-1-2-4-13(10)18/h1-9H,(H,19,20,21)/b14-9-. The van der Waals surface area contributed by atoms with Crippen LogP contribution in [0.5, 0.6) is 0 Å². The van der Waals surface area contributed by atoms with E-state index in [1.54, 1.807) is 30.3 Å². The topological polar surface area (TPSA) is 75.6 Å². The highest BCUT2D eigenvalue weighted by Gasteiger charge is 2.26. The maximum Gasteiger partial charge on any atom is 0.284 e. The van der Waals surface area contributed by atoms with Gasteiger partial charge < -0.3 is 0 Å². The average molecular weight is 413 g/mol. The van der Waals surface area contributed by atoms with Gasteiger partial charge in [0.1, 0.15) is 0 Å². The summed E-state index contributed by atoms with van der Waals surface area (Å²) in [6.45, 7) is 0. The van der Waals surface area contributed by atoms with Crippen LogP contribution in [0.15, 0.2) is 62.7 Å². The molecule has 1 saturated heterocycles. The minimum Gasteiger partial charge on any atom is -0.300 e. The fourth-order valence-electron chi connectivity index (χ4n) is 1.97. The molecule has 1 amide bonds. The third kappa shape index (κ3) is 4.24. The summed E-state index contributed by atoms with van der Waals surface area (Å²) in [4.78, 5) is 12.3. The largest absolute Gasteiger partial charge is 0.300 e. The van der Waals surface area contributed by atoms with E-state index in [4.69, 9.17) is 23.2 Å². The van der Waals surface area contributed by atoms with Gasteiger partial charge in [0.05, 0.1) is 9.80 Å². The Kier molecular flexibility index (Phi) is 5.19. The van der Waals surface area contributed by atoms with Crippen molar-refractivity contribution >= 4 is 62.1 Å². The zero-order valence-corrected chi connectivity index (χ0v) is 15.6. The molecule has 1 N–H and O–H groups in total. The van der Waals surface area contributed by atoms with Gasteiger partial charge in [-0.15, -0.1) is 4.40 Å². The van der Waals surface area contributed by atoms with Crippen molar-refractivity contribution in [1.82, 2.24) is 5.32 Å². The first-order valence-electron chi connectivity index (χ1n) is 6.91. The zero-order chi connectivity index (χ0) is 18.0. The van der Waals surface area contributed by atoms with Gasteiger partial charge in [0.25, 0.3) is 15.9 Å². The number of hydrogen-bond acceptors (Lipinski definition) is 4. The van der Waals surface area contributed by atoms with E-state index in [1.807, 2.05) is 0 Å². The summed E-state index contributed by atoms with van der Waals surface area (Å²) < 4.78 is 28.3. The fraction of sp³-hybridized carbons (Fsp3) is 0. The second kappa shape index (κ2) is 7.21. The molecule has 0 saturated carbocycles. The Morgan fingerprint density at radius 2 is 1.72 bits per heavy atom. The number of thioether (sulfide) groups is 1. The Hall–Kier alpha value is -1.80. The SMILES string of the molecule is O=C1N/C(=N\S(=O)(=O)c2ccc(Cl)cc2)S/C1=C\c1ccccc1Cl. The van der Waals surface area contributed by atoms with Crippen molar-refractivity contribution in [1.29, 1.82) is 0 Å². The minimum atomic E-state index is -3.95. The highest BCUT2D eigenvalue weighted by atomic mass is 35.5. The molecule has 2 aromatic rings. The lowest BCUT2D eigenvalue weighted by atomic mass is 10.2. The molecule has 5 nitrogen and oxygen atoms in total. The lowest BCUT2D eigenvalue weighted by Crippen LogP contribution is -2.20. The number of carbonyl (C=O) groups is 1. The van der Waals surface area contributed by atoms with Crippen molar-refractivity contribution in [3.05, 3.63) is 69.0 Å². The number of rotatable bonds is 3. The maximum atomic E-state index is 12.3. The lowest BCUT2D eigenvalue weighted by Gasteiger charge is -2.00. The number of benzene rings is 2. The minimum absolute atomic E-state index is 0.0113. The first kappa shape index (κ1) is 18.0. The van der Waals surface area contributed by atoms with E-state index in [2.05, 4.69) is 9.71 Å². The summed E-state index contributed by atoms with van der Waals surface area (Å²) in [6.07, 6.45) is 1.58. The normalized spacial score (nSPS) is 17.9. The first-order valence-corrected chi connectivity index (χ1v) is 9.92. The van der Waals surface area contributed by atoms with Crippen LogP contribution >= 0.6 is 35.0 Å². The van der Waals surface area contributed by atoms with E-state index in [0.717, 1.165) is 11.8 Å². The van der Waals surface area contributed by atoms with Gasteiger partial charge in [0, 0.05) is 10.0 Å². The van der Waals surface area contributed by atoms with Crippen molar-refractivity contribution in [3.63, 3.8) is 0 Å². The van der Waals surface area contributed by atoms with Gasteiger partial charge in [-0.2, -0.15) is 8.42 Å². The van der Waals surface area contributed by atoms with Crippen LogP contribution in [0, 0.1) is 0 Å². The van der Waals surface area contributed by atoms with E-state index in [9.17, 15) is 13.2 Å². The van der Waals surface area contributed by atoms with Crippen LogP contribution in [0.2, 0.25) is 10.0 Å². The molecule has 25 heavy (non-hydrogen) atoms. The van der Waals surface area contributed by atoms with Crippen LogP contribution in [0.1, 0.15) is 5.56 Å². The molecular weight excluding hydrogens is 403 g/mol. The van der Waals surface area contributed by atoms with E-state index in [0.29, 0.717) is 20.5 Å². The van der Waals surface area contributed by atoms with Gasteiger partial charge in [-0.3, -0.25) is 10.1 Å². The zero-order valence-electron chi connectivity index (χ0n) is 12.4. The molecule has 0 aromatic heterocycles.